The fourth-order valence-corrected chi connectivity index (χ4v) is 3.03. The Morgan fingerprint density at radius 3 is 2.52 bits per heavy atom. The third-order valence-corrected chi connectivity index (χ3v) is 4.47. The quantitative estimate of drug-likeness (QED) is 0.628. The van der Waals surface area contributed by atoms with Crippen molar-refractivity contribution in [1.82, 2.24) is 15.6 Å². The Morgan fingerprint density at radius 1 is 1.04 bits per heavy atom. The van der Waals surface area contributed by atoms with Gasteiger partial charge in [-0.2, -0.15) is 0 Å². The number of aromatic nitrogens is 1. The van der Waals surface area contributed by atoms with Crippen LogP contribution in [0.1, 0.15) is 24.0 Å². The minimum atomic E-state index is 0.721. The van der Waals surface area contributed by atoms with Crippen LogP contribution in [0.25, 0.3) is 0 Å². The van der Waals surface area contributed by atoms with E-state index < -0.39 is 0 Å². The van der Waals surface area contributed by atoms with E-state index in [1.807, 2.05) is 12.3 Å². The Morgan fingerprint density at radius 2 is 1.84 bits per heavy atom. The largest absolute Gasteiger partial charge is 0.357 e. The van der Waals surface area contributed by atoms with E-state index in [0.29, 0.717) is 0 Å². The van der Waals surface area contributed by atoms with E-state index in [1.54, 1.807) is 7.05 Å². The number of pyridine rings is 1. The lowest BCUT2D eigenvalue weighted by atomic mass is 10.1. The van der Waals surface area contributed by atoms with E-state index in [2.05, 4.69) is 61.9 Å². The molecule has 1 fully saturated rings. The highest BCUT2D eigenvalue weighted by Crippen LogP contribution is 2.17. The predicted octanol–water partition coefficient (Wildman–Crippen LogP) is 2.59. The molecule has 2 heterocycles. The monoisotopic (exact) mass is 337 g/mol. The van der Waals surface area contributed by atoms with Crippen LogP contribution in [0.3, 0.4) is 0 Å². The second kappa shape index (κ2) is 9.06. The van der Waals surface area contributed by atoms with Crippen molar-refractivity contribution in [3.8, 4) is 0 Å². The first-order valence-electron chi connectivity index (χ1n) is 9.03. The second-order valence-electron chi connectivity index (χ2n) is 6.31. The summed E-state index contributed by atoms with van der Waals surface area (Å²) in [4.78, 5) is 11.2. The first-order valence-corrected chi connectivity index (χ1v) is 9.03. The molecule has 0 unspecified atom stereocenters. The minimum Gasteiger partial charge on any atom is -0.357 e. The highest BCUT2D eigenvalue weighted by atomic mass is 15.2. The molecule has 5 heteroatoms. The average molecular weight is 337 g/mol. The number of anilines is 1. The Labute approximate surface area is 150 Å². The molecule has 1 aromatic carbocycles. The van der Waals surface area contributed by atoms with E-state index in [0.717, 1.165) is 49.9 Å². The van der Waals surface area contributed by atoms with Crippen molar-refractivity contribution in [2.24, 2.45) is 4.99 Å². The van der Waals surface area contributed by atoms with Gasteiger partial charge in [-0.05, 0) is 36.5 Å². The van der Waals surface area contributed by atoms with E-state index in [4.69, 9.17) is 0 Å². The predicted molar refractivity (Wildman–Crippen MR) is 104 cm³/mol. The summed E-state index contributed by atoms with van der Waals surface area (Å²) >= 11 is 0. The van der Waals surface area contributed by atoms with Crippen molar-refractivity contribution in [2.45, 2.75) is 25.8 Å². The molecular weight excluding hydrogens is 310 g/mol. The summed E-state index contributed by atoms with van der Waals surface area (Å²) in [6.45, 7) is 3.83. The summed E-state index contributed by atoms with van der Waals surface area (Å²) in [6.07, 6.45) is 5.48. The summed E-state index contributed by atoms with van der Waals surface area (Å²) in [7, 11) is 1.80. The smallest absolute Gasteiger partial charge is 0.191 e. The van der Waals surface area contributed by atoms with Gasteiger partial charge in [0, 0.05) is 39.4 Å². The summed E-state index contributed by atoms with van der Waals surface area (Å²) in [6, 6.07) is 14.7. The van der Waals surface area contributed by atoms with Gasteiger partial charge in [-0.3, -0.25) is 4.99 Å². The van der Waals surface area contributed by atoms with Gasteiger partial charge >= 0.3 is 0 Å². The highest BCUT2D eigenvalue weighted by Gasteiger charge is 2.12. The summed E-state index contributed by atoms with van der Waals surface area (Å²) in [5.74, 6) is 1.91. The SMILES string of the molecule is CN=C(NCCc1ccccc1)NCc1ccc(N2CCCC2)nc1. The van der Waals surface area contributed by atoms with Crippen LogP contribution in [-0.4, -0.2) is 37.6 Å². The van der Waals surface area contributed by atoms with Crippen molar-refractivity contribution >= 4 is 11.8 Å². The number of aliphatic imine (C=N–C) groups is 1. The molecule has 1 aliphatic heterocycles. The molecule has 5 nitrogen and oxygen atoms in total. The molecule has 2 aromatic rings. The van der Waals surface area contributed by atoms with Crippen LogP contribution in [0.2, 0.25) is 0 Å². The maximum Gasteiger partial charge on any atom is 0.191 e. The Hall–Kier alpha value is -2.56. The zero-order chi connectivity index (χ0) is 17.3. The van der Waals surface area contributed by atoms with Crippen LogP contribution in [-0.2, 0) is 13.0 Å². The normalized spacial score (nSPS) is 14.6. The van der Waals surface area contributed by atoms with Crippen molar-refractivity contribution in [3.63, 3.8) is 0 Å². The van der Waals surface area contributed by atoms with Crippen LogP contribution in [0.5, 0.6) is 0 Å². The Balaban J connectivity index is 1.43. The van der Waals surface area contributed by atoms with Gasteiger partial charge in [-0.1, -0.05) is 36.4 Å². The molecular formula is C20H27N5. The molecule has 1 saturated heterocycles. The number of hydrogen-bond acceptors (Lipinski definition) is 3. The fraction of sp³-hybridized carbons (Fsp3) is 0.400. The number of nitrogens with one attached hydrogen (secondary N) is 2. The lowest BCUT2D eigenvalue weighted by Crippen LogP contribution is -2.37. The maximum absolute atomic E-state index is 4.59. The molecule has 0 spiro atoms. The van der Waals surface area contributed by atoms with Gasteiger partial charge in [0.2, 0.25) is 0 Å². The molecule has 2 N–H and O–H groups in total. The molecule has 0 saturated carbocycles. The number of rotatable bonds is 6. The van der Waals surface area contributed by atoms with E-state index in [1.165, 1.54) is 18.4 Å². The number of hydrogen-bond donors (Lipinski definition) is 2. The molecule has 0 radical (unpaired) electrons. The number of benzene rings is 1. The van der Waals surface area contributed by atoms with Gasteiger partial charge in [-0.25, -0.2) is 4.98 Å². The van der Waals surface area contributed by atoms with Gasteiger partial charge in [-0.15, -0.1) is 0 Å². The van der Waals surface area contributed by atoms with Gasteiger partial charge in [0.1, 0.15) is 5.82 Å². The second-order valence-corrected chi connectivity index (χ2v) is 6.31. The van der Waals surface area contributed by atoms with Crippen molar-refractivity contribution in [2.75, 3.05) is 31.6 Å². The van der Waals surface area contributed by atoms with Gasteiger partial charge in [0.05, 0.1) is 0 Å². The zero-order valence-electron chi connectivity index (χ0n) is 14.9. The maximum atomic E-state index is 4.59. The average Bonchev–Trinajstić information content (AvgIpc) is 3.20. The number of guanidine groups is 1. The lowest BCUT2D eigenvalue weighted by molar-refractivity contribution is 0.792. The molecule has 1 aliphatic rings. The topological polar surface area (TPSA) is 52.6 Å². The number of nitrogens with zero attached hydrogens (tertiary/aromatic N) is 3. The van der Waals surface area contributed by atoms with Gasteiger partial charge in [0.15, 0.2) is 5.96 Å². The lowest BCUT2D eigenvalue weighted by Gasteiger charge is -2.16. The van der Waals surface area contributed by atoms with Crippen molar-refractivity contribution in [3.05, 3.63) is 59.8 Å². The molecule has 0 bridgehead atoms. The zero-order valence-corrected chi connectivity index (χ0v) is 14.9. The van der Waals surface area contributed by atoms with Crippen LogP contribution in [0.4, 0.5) is 5.82 Å². The Kier molecular flexibility index (Phi) is 6.26. The van der Waals surface area contributed by atoms with Crippen LogP contribution >= 0.6 is 0 Å². The third-order valence-electron chi connectivity index (χ3n) is 4.47. The van der Waals surface area contributed by atoms with Crippen LogP contribution in [0, 0.1) is 0 Å². The molecule has 3 rings (SSSR count). The highest BCUT2D eigenvalue weighted by molar-refractivity contribution is 5.79. The van der Waals surface area contributed by atoms with E-state index in [-0.39, 0.29) is 0 Å². The summed E-state index contributed by atoms with van der Waals surface area (Å²) < 4.78 is 0. The molecule has 25 heavy (non-hydrogen) atoms. The van der Waals surface area contributed by atoms with Gasteiger partial charge < -0.3 is 15.5 Å². The molecule has 0 amide bonds. The molecule has 0 aliphatic carbocycles. The first kappa shape index (κ1) is 17.3. The summed E-state index contributed by atoms with van der Waals surface area (Å²) in [5, 5.41) is 6.70. The van der Waals surface area contributed by atoms with Crippen LogP contribution in [0.15, 0.2) is 53.7 Å². The standard InChI is InChI=1S/C20H27N5/c1-21-20(22-12-11-17-7-3-2-4-8-17)24-16-18-9-10-19(23-15-18)25-13-5-6-14-25/h2-4,7-10,15H,5-6,11-14,16H2,1H3,(H2,21,22,24). The van der Waals surface area contributed by atoms with Crippen molar-refractivity contribution < 1.29 is 0 Å². The van der Waals surface area contributed by atoms with Crippen molar-refractivity contribution in [1.29, 1.82) is 0 Å². The molecule has 1 aromatic heterocycles. The third kappa shape index (κ3) is 5.21. The van der Waals surface area contributed by atoms with E-state index in [9.17, 15) is 0 Å². The summed E-state index contributed by atoms with van der Waals surface area (Å²) in [5.41, 5.74) is 2.49. The Bertz CT molecular complexity index is 660. The first-order chi connectivity index (χ1) is 12.3. The van der Waals surface area contributed by atoms with Crippen LogP contribution < -0.4 is 15.5 Å². The molecule has 132 valence electrons. The fourth-order valence-electron chi connectivity index (χ4n) is 3.03. The minimum absolute atomic E-state index is 0.721. The molecule has 0 atom stereocenters. The van der Waals surface area contributed by atoms with Gasteiger partial charge in [0.25, 0.3) is 0 Å². The van der Waals surface area contributed by atoms with E-state index >= 15 is 0 Å².